The molecular formula is C24H25N2O2+. The summed E-state index contributed by atoms with van der Waals surface area (Å²) in [5.74, 6) is 0.129. The van der Waals surface area contributed by atoms with Crippen LogP contribution in [0, 0.1) is 20.8 Å². The lowest BCUT2D eigenvalue weighted by molar-refractivity contribution is -0.575. The first-order valence-corrected chi connectivity index (χ1v) is 9.22. The molecule has 0 bridgehead atoms. The van der Waals surface area contributed by atoms with E-state index in [1.807, 2.05) is 74.0 Å². The molecule has 2 aromatic carbocycles. The summed E-state index contributed by atoms with van der Waals surface area (Å²) in [7, 11) is 0. The first-order valence-electron chi connectivity index (χ1n) is 9.22. The smallest absolute Gasteiger partial charge is 0.221 e. The molecule has 0 radical (unpaired) electrons. The summed E-state index contributed by atoms with van der Waals surface area (Å²) in [4.78, 5) is 11.5. The van der Waals surface area contributed by atoms with E-state index in [4.69, 9.17) is 0 Å². The molecule has 3 rings (SSSR count). The minimum absolute atomic E-state index is 0.0828. The van der Waals surface area contributed by atoms with Crippen molar-refractivity contribution in [3.63, 3.8) is 0 Å². The molecule has 0 atom stereocenters. The van der Waals surface area contributed by atoms with Crippen LogP contribution in [0.5, 0.6) is 0 Å². The summed E-state index contributed by atoms with van der Waals surface area (Å²) in [5, 5.41) is 13.3. The number of hydrogen-bond donors (Lipinski definition) is 2. The van der Waals surface area contributed by atoms with Crippen molar-refractivity contribution in [1.82, 2.24) is 0 Å². The number of anilines is 1. The number of benzene rings is 2. The van der Waals surface area contributed by atoms with Crippen LogP contribution in [0.1, 0.15) is 29.3 Å². The number of amides is 1. The molecule has 0 fully saturated rings. The van der Waals surface area contributed by atoms with Gasteiger partial charge < -0.3 is 10.4 Å². The van der Waals surface area contributed by atoms with E-state index in [2.05, 4.69) is 17.4 Å². The largest absolute Gasteiger partial charge is 0.502 e. The second-order valence-corrected chi connectivity index (χ2v) is 7.01. The van der Waals surface area contributed by atoms with Gasteiger partial charge in [-0.2, -0.15) is 4.57 Å². The van der Waals surface area contributed by atoms with Gasteiger partial charge in [-0.3, -0.25) is 4.79 Å². The molecule has 0 aliphatic carbocycles. The number of carbonyl (C=O) groups is 1. The average Bonchev–Trinajstić information content (AvgIpc) is 2.66. The minimum Gasteiger partial charge on any atom is -0.502 e. The van der Waals surface area contributed by atoms with Crippen LogP contribution in [0.2, 0.25) is 0 Å². The Morgan fingerprint density at radius 3 is 2.39 bits per heavy atom. The molecule has 1 aromatic heterocycles. The van der Waals surface area contributed by atoms with Crippen molar-refractivity contribution in [1.29, 1.82) is 0 Å². The average molecular weight is 373 g/mol. The number of aryl methyl sites for hydroxylation is 3. The van der Waals surface area contributed by atoms with Crippen molar-refractivity contribution in [3.05, 3.63) is 83.2 Å². The van der Waals surface area contributed by atoms with Gasteiger partial charge in [-0.15, -0.1) is 0 Å². The van der Waals surface area contributed by atoms with Crippen LogP contribution in [0.25, 0.3) is 23.1 Å². The van der Waals surface area contributed by atoms with Gasteiger partial charge in [-0.05, 0) is 36.6 Å². The van der Waals surface area contributed by atoms with Gasteiger partial charge in [0.1, 0.15) is 0 Å². The predicted molar refractivity (Wildman–Crippen MR) is 114 cm³/mol. The van der Waals surface area contributed by atoms with Crippen LogP contribution in [-0.2, 0) is 4.79 Å². The number of aliphatic hydroxyl groups excluding tert-OH is 1. The Hall–Kier alpha value is -3.40. The molecule has 0 saturated carbocycles. The van der Waals surface area contributed by atoms with E-state index in [1.54, 1.807) is 6.20 Å². The summed E-state index contributed by atoms with van der Waals surface area (Å²) in [6, 6.07) is 17.6. The SMILES string of the molecule is CC(=O)Nc1cc(-c2cc(C)[n+](/C=C(/O)c3ccccc3)cc2C)ccc1C. The third-order valence-electron chi connectivity index (χ3n) is 4.71. The molecule has 4 nitrogen and oxygen atoms in total. The zero-order valence-corrected chi connectivity index (χ0v) is 16.7. The fourth-order valence-electron chi connectivity index (χ4n) is 3.16. The zero-order valence-electron chi connectivity index (χ0n) is 16.7. The highest BCUT2D eigenvalue weighted by atomic mass is 16.3. The Labute approximate surface area is 165 Å². The fourth-order valence-corrected chi connectivity index (χ4v) is 3.16. The van der Waals surface area contributed by atoms with Gasteiger partial charge in [-0.25, -0.2) is 0 Å². The summed E-state index contributed by atoms with van der Waals surface area (Å²) in [6.45, 7) is 7.53. The van der Waals surface area contributed by atoms with Gasteiger partial charge in [0, 0.05) is 36.7 Å². The van der Waals surface area contributed by atoms with Crippen molar-refractivity contribution >= 4 is 23.6 Å². The third-order valence-corrected chi connectivity index (χ3v) is 4.71. The zero-order chi connectivity index (χ0) is 20.3. The third kappa shape index (κ3) is 4.29. The fraction of sp³-hybridized carbons (Fsp3) is 0.167. The molecule has 1 amide bonds. The molecular weight excluding hydrogens is 348 g/mol. The summed E-state index contributed by atoms with van der Waals surface area (Å²) in [6.07, 6.45) is 3.72. The molecule has 0 saturated heterocycles. The molecule has 142 valence electrons. The van der Waals surface area contributed by atoms with Crippen LogP contribution in [0.3, 0.4) is 0 Å². The van der Waals surface area contributed by atoms with Gasteiger partial charge in [-0.1, -0.05) is 42.5 Å². The van der Waals surface area contributed by atoms with Crippen LogP contribution in [-0.4, -0.2) is 11.0 Å². The number of aromatic nitrogens is 1. The first-order chi connectivity index (χ1) is 13.3. The van der Waals surface area contributed by atoms with E-state index in [9.17, 15) is 9.90 Å². The minimum atomic E-state index is -0.0828. The van der Waals surface area contributed by atoms with Gasteiger partial charge >= 0.3 is 0 Å². The van der Waals surface area contributed by atoms with Crippen LogP contribution < -0.4 is 9.88 Å². The Morgan fingerprint density at radius 1 is 1.00 bits per heavy atom. The number of hydrogen-bond acceptors (Lipinski definition) is 2. The van der Waals surface area contributed by atoms with E-state index in [-0.39, 0.29) is 11.7 Å². The molecule has 1 heterocycles. The molecule has 2 N–H and O–H groups in total. The monoisotopic (exact) mass is 373 g/mol. The van der Waals surface area contributed by atoms with Crippen LogP contribution in [0.15, 0.2) is 60.8 Å². The van der Waals surface area contributed by atoms with Gasteiger partial charge in [0.25, 0.3) is 0 Å². The summed E-state index contributed by atoms with van der Waals surface area (Å²) >= 11 is 0. The number of aliphatic hydroxyl groups is 1. The highest BCUT2D eigenvalue weighted by Crippen LogP contribution is 2.28. The number of nitrogens with zero attached hydrogens (tertiary/aromatic N) is 1. The maximum Gasteiger partial charge on any atom is 0.221 e. The first kappa shape index (κ1) is 19.4. The van der Waals surface area contributed by atoms with E-state index in [0.29, 0.717) is 0 Å². The Morgan fingerprint density at radius 2 is 1.71 bits per heavy atom. The second kappa shape index (κ2) is 8.09. The molecule has 0 spiro atoms. The molecule has 4 heteroatoms. The van der Waals surface area contributed by atoms with Crippen molar-refractivity contribution in [2.75, 3.05) is 5.32 Å². The van der Waals surface area contributed by atoms with E-state index >= 15 is 0 Å². The van der Waals surface area contributed by atoms with E-state index < -0.39 is 0 Å². The highest BCUT2D eigenvalue weighted by Gasteiger charge is 2.14. The lowest BCUT2D eigenvalue weighted by Crippen LogP contribution is -2.30. The van der Waals surface area contributed by atoms with Crippen LogP contribution >= 0.6 is 0 Å². The number of nitrogens with one attached hydrogen (secondary N) is 1. The van der Waals surface area contributed by atoms with E-state index in [1.165, 1.54) is 6.92 Å². The molecule has 0 aliphatic heterocycles. The quantitative estimate of drug-likeness (QED) is 0.497. The number of carbonyl (C=O) groups excluding carboxylic acids is 1. The molecule has 3 aromatic rings. The molecule has 28 heavy (non-hydrogen) atoms. The van der Waals surface area contributed by atoms with E-state index in [0.717, 1.165) is 39.2 Å². The lowest BCUT2D eigenvalue weighted by Gasteiger charge is -2.11. The second-order valence-electron chi connectivity index (χ2n) is 7.01. The Balaban J connectivity index is 2.00. The molecule has 0 aliphatic rings. The Bertz CT molecular complexity index is 1050. The summed E-state index contributed by atoms with van der Waals surface area (Å²) < 4.78 is 1.92. The maximum atomic E-state index is 11.5. The number of rotatable bonds is 4. The maximum absolute atomic E-state index is 11.5. The van der Waals surface area contributed by atoms with Crippen molar-refractivity contribution < 1.29 is 14.5 Å². The van der Waals surface area contributed by atoms with Gasteiger partial charge in [0.15, 0.2) is 17.6 Å². The highest BCUT2D eigenvalue weighted by molar-refractivity contribution is 5.90. The topological polar surface area (TPSA) is 53.2 Å². The van der Waals surface area contributed by atoms with Crippen molar-refractivity contribution in [3.8, 4) is 11.1 Å². The molecule has 0 unspecified atom stereocenters. The standard InChI is InChI=1S/C24H24N2O2/c1-16-10-11-21(13-23(16)25-19(4)27)22-12-18(3)26(14-17(22)2)15-24(28)20-8-6-5-7-9-20/h5-15H,1-4H3,(H-,25,27,28)/p+1/b24-15+. The lowest BCUT2D eigenvalue weighted by atomic mass is 9.99. The van der Waals surface area contributed by atoms with Crippen molar-refractivity contribution in [2.24, 2.45) is 0 Å². The Kier molecular flexibility index (Phi) is 5.59. The summed E-state index contributed by atoms with van der Waals surface area (Å²) in [5.41, 5.74) is 6.81. The predicted octanol–water partition coefficient (Wildman–Crippen LogP) is 5.04. The van der Waals surface area contributed by atoms with Gasteiger partial charge in [0.05, 0.1) is 0 Å². The van der Waals surface area contributed by atoms with Crippen LogP contribution in [0.4, 0.5) is 5.69 Å². The number of pyridine rings is 1. The normalized spacial score (nSPS) is 11.4. The van der Waals surface area contributed by atoms with Crippen molar-refractivity contribution in [2.45, 2.75) is 27.7 Å². The van der Waals surface area contributed by atoms with Gasteiger partial charge in [0.2, 0.25) is 12.1 Å².